The van der Waals surface area contributed by atoms with Crippen molar-refractivity contribution in [2.45, 2.75) is 4.90 Å². The zero-order valence-electron chi connectivity index (χ0n) is 13.5. The van der Waals surface area contributed by atoms with Crippen molar-refractivity contribution in [3.63, 3.8) is 0 Å². The number of nitrogens with one attached hydrogen (secondary N) is 1. The third-order valence-corrected chi connectivity index (χ3v) is 7.71. The van der Waals surface area contributed by atoms with Crippen molar-refractivity contribution < 1.29 is 23.1 Å². The van der Waals surface area contributed by atoms with E-state index < -0.39 is 21.9 Å². The Morgan fingerprint density at radius 2 is 1.85 bits per heavy atom. The van der Waals surface area contributed by atoms with Crippen LogP contribution in [0, 0.1) is 0 Å². The molecule has 10 heteroatoms. The first-order valence-electron chi connectivity index (χ1n) is 7.69. The average Bonchev–Trinajstić information content (AvgIpc) is 3.14. The van der Waals surface area contributed by atoms with Crippen molar-refractivity contribution in [1.29, 1.82) is 0 Å². The summed E-state index contributed by atoms with van der Waals surface area (Å²) in [5.41, 5.74) is 0.131. The van der Waals surface area contributed by atoms with Crippen molar-refractivity contribution >= 4 is 50.7 Å². The van der Waals surface area contributed by atoms with Gasteiger partial charge in [-0.3, -0.25) is 4.79 Å². The van der Waals surface area contributed by atoms with E-state index in [9.17, 15) is 18.0 Å². The molecule has 0 aliphatic carbocycles. The molecule has 2 aromatic rings. The van der Waals surface area contributed by atoms with Gasteiger partial charge in [-0.05, 0) is 18.2 Å². The third-order valence-electron chi connectivity index (χ3n) is 3.81. The van der Waals surface area contributed by atoms with Crippen LogP contribution in [0.2, 0.25) is 0 Å². The molecule has 7 nitrogen and oxygen atoms in total. The molecule has 0 atom stereocenters. The van der Waals surface area contributed by atoms with Crippen LogP contribution < -0.4 is 5.32 Å². The van der Waals surface area contributed by atoms with E-state index in [0.717, 1.165) is 22.8 Å². The lowest BCUT2D eigenvalue weighted by Gasteiger charge is -2.24. The topological polar surface area (TPSA) is 104 Å². The summed E-state index contributed by atoms with van der Waals surface area (Å²) in [6.45, 7) is 0.909. The van der Waals surface area contributed by atoms with Gasteiger partial charge in [0.05, 0.1) is 21.0 Å². The molecule has 2 heterocycles. The maximum Gasteiger partial charge on any atom is 0.337 e. The van der Waals surface area contributed by atoms with Crippen molar-refractivity contribution in [1.82, 2.24) is 4.31 Å². The maximum absolute atomic E-state index is 12.6. The van der Waals surface area contributed by atoms with Gasteiger partial charge in [0, 0.05) is 30.0 Å². The molecule has 3 rings (SSSR count). The van der Waals surface area contributed by atoms with Crippen molar-refractivity contribution in [2.75, 3.05) is 29.9 Å². The number of benzene rings is 1. The van der Waals surface area contributed by atoms with Gasteiger partial charge in [0.25, 0.3) is 5.91 Å². The van der Waals surface area contributed by atoms with Gasteiger partial charge in [-0.2, -0.15) is 16.1 Å². The molecule has 0 bridgehead atoms. The third kappa shape index (κ3) is 3.93. The number of nitrogens with zero attached hydrogens (tertiary/aromatic N) is 1. The highest BCUT2D eigenvalue weighted by Crippen LogP contribution is 2.26. The van der Waals surface area contributed by atoms with Crippen molar-refractivity contribution in [3.8, 4) is 0 Å². The van der Waals surface area contributed by atoms with Crippen LogP contribution in [0.5, 0.6) is 0 Å². The molecule has 1 saturated heterocycles. The lowest BCUT2D eigenvalue weighted by molar-refractivity contribution is 0.0698. The van der Waals surface area contributed by atoms with E-state index in [1.807, 2.05) is 0 Å². The summed E-state index contributed by atoms with van der Waals surface area (Å²) in [6, 6.07) is 7.38. The standard InChI is InChI=1S/C16H16N2O5S3/c19-15(17-13-4-2-1-3-12(13)16(20)21)14-9-11(10-25-14)26(22,23)18-5-7-24-8-6-18/h1-4,9-10H,5-8H2,(H,17,19)(H,20,21). The molecule has 0 radical (unpaired) electrons. The van der Waals surface area contributed by atoms with Crippen LogP contribution in [0.4, 0.5) is 5.69 Å². The number of amides is 1. The molecular formula is C16H16N2O5S3. The fourth-order valence-corrected chi connectivity index (χ4v) is 6.20. The normalized spacial score (nSPS) is 15.5. The summed E-state index contributed by atoms with van der Waals surface area (Å²) in [6.07, 6.45) is 0. The summed E-state index contributed by atoms with van der Waals surface area (Å²) in [4.78, 5) is 23.9. The Balaban J connectivity index is 1.79. The van der Waals surface area contributed by atoms with Crippen LogP contribution >= 0.6 is 23.1 Å². The van der Waals surface area contributed by atoms with Gasteiger partial charge in [-0.15, -0.1) is 11.3 Å². The highest BCUT2D eigenvalue weighted by molar-refractivity contribution is 7.99. The zero-order chi connectivity index (χ0) is 18.7. The van der Waals surface area contributed by atoms with E-state index in [4.69, 9.17) is 5.11 Å². The minimum atomic E-state index is -3.61. The first kappa shape index (κ1) is 18.9. The molecule has 26 heavy (non-hydrogen) atoms. The first-order chi connectivity index (χ1) is 12.4. The van der Waals surface area contributed by atoms with E-state index in [1.54, 1.807) is 23.9 Å². The van der Waals surface area contributed by atoms with Gasteiger partial charge in [-0.25, -0.2) is 13.2 Å². The maximum atomic E-state index is 12.6. The average molecular weight is 413 g/mol. The summed E-state index contributed by atoms with van der Waals surface area (Å²) < 4.78 is 26.7. The summed E-state index contributed by atoms with van der Waals surface area (Å²) in [7, 11) is -3.61. The minimum Gasteiger partial charge on any atom is -0.478 e. The molecule has 1 aromatic heterocycles. The largest absolute Gasteiger partial charge is 0.478 e. The second kappa shape index (κ2) is 7.78. The predicted octanol–water partition coefficient (Wildman–Crippen LogP) is 2.44. The number of carboxylic acid groups (broad SMARTS) is 1. The highest BCUT2D eigenvalue weighted by atomic mass is 32.2. The highest BCUT2D eigenvalue weighted by Gasteiger charge is 2.28. The van der Waals surface area contributed by atoms with Crippen LogP contribution in [-0.4, -0.2) is 54.3 Å². The smallest absolute Gasteiger partial charge is 0.337 e. The predicted molar refractivity (Wildman–Crippen MR) is 102 cm³/mol. The zero-order valence-corrected chi connectivity index (χ0v) is 16.0. The number of hydrogen-bond acceptors (Lipinski definition) is 6. The molecule has 1 aromatic carbocycles. The van der Waals surface area contributed by atoms with Crippen LogP contribution in [0.25, 0.3) is 0 Å². The number of carbonyl (C=O) groups is 2. The Bertz CT molecular complexity index is 933. The van der Waals surface area contributed by atoms with Crippen molar-refractivity contribution in [2.24, 2.45) is 0 Å². The summed E-state index contributed by atoms with van der Waals surface area (Å²) in [5.74, 6) is -0.191. The number of aromatic carboxylic acids is 1. The fraction of sp³-hybridized carbons (Fsp3) is 0.250. The second-order valence-corrected chi connectivity index (χ2v) is 9.54. The minimum absolute atomic E-state index is 0.0314. The number of rotatable bonds is 5. The van der Waals surface area contributed by atoms with Crippen LogP contribution in [-0.2, 0) is 10.0 Å². The molecular weight excluding hydrogens is 396 g/mol. The number of anilines is 1. The number of thiophene rings is 1. The second-order valence-electron chi connectivity index (χ2n) is 5.47. The Morgan fingerprint density at radius 1 is 1.15 bits per heavy atom. The van der Waals surface area contributed by atoms with Gasteiger partial charge < -0.3 is 10.4 Å². The monoisotopic (exact) mass is 412 g/mol. The molecule has 0 unspecified atom stereocenters. The van der Waals surface area contributed by atoms with Crippen LogP contribution in [0.1, 0.15) is 20.0 Å². The molecule has 1 aliphatic rings. The Kier molecular flexibility index (Phi) is 5.66. The van der Waals surface area contributed by atoms with Gasteiger partial charge in [0.1, 0.15) is 0 Å². The summed E-state index contributed by atoms with van der Waals surface area (Å²) >= 11 is 2.72. The SMILES string of the molecule is O=C(Nc1ccccc1C(=O)O)c1cc(S(=O)(=O)N2CCSCC2)cs1. The Morgan fingerprint density at radius 3 is 2.54 bits per heavy atom. The molecule has 2 N–H and O–H groups in total. The van der Waals surface area contributed by atoms with E-state index >= 15 is 0 Å². The Labute approximate surface area is 159 Å². The molecule has 1 amide bonds. The van der Waals surface area contributed by atoms with E-state index in [1.165, 1.54) is 27.9 Å². The van der Waals surface area contributed by atoms with Gasteiger partial charge >= 0.3 is 5.97 Å². The lowest BCUT2D eigenvalue weighted by Crippen LogP contribution is -2.37. The van der Waals surface area contributed by atoms with E-state index in [2.05, 4.69) is 5.32 Å². The number of thioether (sulfide) groups is 1. The first-order valence-corrected chi connectivity index (χ1v) is 11.2. The van der Waals surface area contributed by atoms with Crippen LogP contribution in [0.15, 0.2) is 40.6 Å². The lowest BCUT2D eigenvalue weighted by atomic mass is 10.2. The number of carbonyl (C=O) groups excluding carboxylic acids is 1. The molecule has 1 fully saturated rings. The van der Waals surface area contributed by atoms with Crippen molar-refractivity contribution in [3.05, 3.63) is 46.2 Å². The quantitative estimate of drug-likeness (QED) is 0.782. The van der Waals surface area contributed by atoms with E-state index in [0.29, 0.717) is 13.1 Å². The van der Waals surface area contributed by atoms with E-state index in [-0.39, 0.29) is 21.0 Å². The van der Waals surface area contributed by atoms with Crippen LogP contribution in [0.3, 0.4) is 0 Å². The molecule has 0 spiro atoms. The number of para-hydroxylation sites is 1. The van der Waals surface area contributed by atoms with Gasteiger partial charge in [-0.1, -0.05) is 12.1 Å². The number of sulfonamides is 1. The Hall–Kier alpha value is -1.88. The van der Waals surface area contributed by atoms with Gasteiger partial charge in [0.2, 0.25) is 10.0 Å². The summed E-state index contributed by atoms with van der Waals surface area (Å²) in [5, 5.41) is 13.1. The number of carboxylic acids is 1. The molecule has 0 saturated carbocycles. The molecule has 138 valence electrons. The number of hydrogen-bond donors (Lipinski definition) is 2. The fourth-order valence-electron chi connectivity index (χ4n) is 2.47. The van der Waals surface area contributed by atoms with Gasteiger partial charge in [0.15, 0.2) is 0 Å². The molecule has 1 aliphatic heterocycles.